The highest BCUT2D eigenvalue weighted by molar-refractivity contribution is 6.60. The molecule has 41 heavy (non-hydrogen) atoms. The number of aromatic nitrogens is 3. The van der Waals surface area contributed by atoms with Crippen LogP contribution in [0.3, 0.4) is 0 Å². The van der Waals surface area contributed by atoms with Crippen LogP contribution in [0.2, 0.25) is 6.04 Å². The number of hydrogen-bond acceptors (Lipinski definition) is 6. The van der Waals surface area contributed by atoms with Gasteiger partial charge < -0.3 is 18.6 Å². The van der Waals surface area contributed by atoms with Crippen molar-refractivity contribution in [1.82, 2.24) is 20.3 Å². The highest BCUT2D eigenvalue weighted by Crippen LogP contribution is 2.35. The molecule has 1 heterocycles. The summed E-state index contributed by atoms with van der Waals surface area (Å²) in [7, 11) is -2.71. The third kappa shape index (κ3) is 6.38. The molecule has 4 aromatic carbocycles. The molecule has 0 saturated heterocycles. The number of amides is 1. The molecule has 0 aliphatic heterocycles. The number of hydrogen-bond donors (Lipinski definition) is 1. The molecule has 5 rings (SSSR count). The van der Waals surface area contributed by atoms with Gasteiger partial charge in [-0.1, -0.05) is 53.7 Å². The van der Waals surface area contributed by atoms with Gasteiger partial charge in [-0.25, -0.2) is 4.68 Å². The Balaban J connectivity index is 1.27. The number of fused-ring (bicyclic) bond motifs is 2. The summed E-state index contributed by atoms with van der Waals surface area (Å²) in [5.41, 5.74) is 3.26. The number of nitrogens with zero attached hydrogens (tertiary/aromatic N) is 3. The molecule has 0 spiro atoms. The first kappa shape index (κ1) is 28.6. The molecule has 0 saturated carbocycles. The average Bonchev–Trinajstić information content (AvgIpc) is 3.48. The van der Waals surface area contributed by atoms with Gasteiger partial charge in [0.1, 0.15) is 5.69 Å². The zero-order chi connectivity index (χ0) is 28.7. The largest absolute Gasteiger partial charge is 0.500 e. The third-order valence-electron chi connectivity index (χ3n) is 6.95. The summed E-state index contributed by atoms with van der Waals surface area (Å²) in [6.45, 7) is 7.95. The Labute approximate surface area is 241 Å². The molecule has 0 radical (unpaired) electrons. The van der Waals surface area contributed by atoms with Crippen LogP contribution in [0.1, 0.15) is 37.6 Å². The molecule has 212 valence electrons. The van der Waals surface area contributed by atoms with E-state index in [-0.39, 0.29) is 5.91 Å². The summed E-state index contributed by atoms with van der Waals surface area (Å²) in [5.74, 6) is -0.130. The second-order valence-corrected chi connectivity index (χ2v) is 12.4. The highest BCUT2D eigenvalue weighted by Gasteiger charge is 2.39. The summed E-state index contributed by atoms with van der Waals surface area (Å²) < 4.78 is 19.4. The van der Waals surface area contributed by atoms with Gasteiger partial charge in [0, 0.05) is 43.5 Å². The minimum absolute atomic E-state index is 0.130. The van der Waals surface area contributed by atoms with Gasteiger partial charge in [-0.2, -0.15) is 0 Å². The van der Waals surface area contributed by atoms with Gasteiger partial charge in [0.15, 0.2) is 0 Å². The van der Waals surface area contributed by atoms with Crippen LogP contribution in [0.25, 0.3) is 38.5 Å². The first-order valence-corrected chi connectivity index (χ1v) is 16.1. The zero-order valence-corrected chi connectivity index (χ0v) is 24.8. The topological polar surface area (TPSA) is 87.5 Å². The molecule has 0 bridgehead atoms. The van der Waals surface area contributed by atoms with Crippen LogP contribution in [-0.4, -0.2) is 56.1 Å². The summed E-state index contributed by atoms with van der Waals surface area (Å²) in [6.07, 6.45) is 2.65. The van der Waals surface area contributed by atoms with E-state index in [9.17, 15) is 4.79 Å². The smallest absolute Gasteiger partial charge is 0.374 e. The number of rotatable bonds is 13. The van der Waals surface area contributed by atoms with Crippen molar-refractivity contribution < 1.29 is 18.1 Å². The van der Waals surface area contributed by atoms with E-state index in [4.69, 9.17) is 13.3 Å². The number of carbonyl (C=O) groups is 1. The van der Waals surface area contributed by atoms with Gasteiger partial charge in [0.2, 0.25) is 0 Å². The number of nitrogens with one attached hydrogen (secondary N) is 1. The van der Waals surface area contributed by atoms with Crippen LogP contribution in [0.15, 0.2) is 85.1 Å². The maximum absolute atomic E-state index is 12.8. The molecule has 8 nitrogen and oxygen atoms in total. The van der Waals surface area contributed by atoms with Gasteiger partial charge in [0.25, 0.3) is 5.91 Å². The van der Waals surface area contributed by atoms with E-state index < -0.39 is 8.80 Å². The normalized spacial score (nSPS) is 11.8. The molecular formula is C32H36N4O4Si. The summed E-state index contributed by atoms with van der Waals surface area (Å²) in [6, 6.07) is 26.9. The van der Waals surface area contributed by atoms with E-state index in [0.29, 0.717) is 44.4 Å². The second-order valence-electron chi connectivity index (χ2n) is 9.63. The first-order chi connectivity index (χ1) is 20.1. The monoisotopic (exact) mass is 568 g/mol. The quantitative estimate of drug-likeness (QED) is 0.100. The van der Waals surface area contributed by atoms with E-state index in [1.807, 2.05) is 63.4 Å². The van der Waals surface area contributed by atoms with Crippen molar-refractivity contribution in [2.45, 2.75) is 33.2 Å². The van der Waals surface area contributed by atoms with Crippen LogP contribution >= 0.6 is 0 Å². The SMILES string of the molecule is CCO[Si](CCCNC(=O)c1ccc(-n2cc(-c3c4ccccc4cc4ccccc34)nn2)cc1)(OCC)OCC. The van der Waals surface area contributed by atoms with E-state index in [1.54, 1.807) is 16.8 Å². The fourth-order valence-corrected chi connectivity index (χ4v) is 7.78. The predicted molar refractivity (Wildman–Crippen MR) is 164 cm³/mol. The van der Waals surface area contributed by atoms with Crippen LogP contribution in [0, 0.1) is 0 Å². The molecule has 0 unspecified atom stereocenters. The van der Waals surface area contributed by atoms with Crippen LogP contribution in [0.4, 0.5) is 0 Å². The van der Waals surface area contributed by atoms with E-state index in [1.165, 1.54) is 0 Å². The molecule has 1 N–H and O–H groups in total. The maximum Gasteiger partial charge on any atom is 0.500 e. The lowest BCUT2D eigenvalue weighted by atomic mass is 9.95. The molecule has 0 aliphatic rings. The van der Waals surface area contributed by atoms with Crippen molar-refractivity contribution in [2.24, 2.45) is 0 Å². The molecule has 5 aromatic rings. The fraction of sp³-hybridized carbons (Fsp3) is 0.281. The van der Waals surface area contributed by atoms with Gasteiger partial charge in [-0.05, 0) is 79.1 Å². The highest BCUT2D eigenvalue weighted by atomic mass is 28.4. The number of benzene rings is 4. The maximum atomic E-state index is 12.8. The van der Waals surface area contributed by atoms with E-state index in [2.05, 4.69) is 46.0 Å². The van der Waals surface area contributed by atoms with Crippen LogP contribution in [-0.2, 0) is 13.3 Å². The van der Waals surface area contributed by atoms with Crippen molar-refractivity contribution in [3.05, 3.63) is 90.6 Å². The van der Waals surface area contributed by atoms with E-state index >= 15 is 0 Å². The van der Waals surface area contributed by atoms with E-state index in [0.717, 1.165) is 38.5 Å². The number of carbonyl (C=O) groups excluding carboxylic acids is 1. The van der Waals surface area contributed by atoms with Gasteiger partial charge >= 0.3 is 8.80 Å². The molecule has 1 aromatic heterocycles. The zero-order valence-electron chi connectivity index (χ0n) is 23.8. The van der Waals surface area contributed by atoms with Crippen LogP contribution in [0.5, 0.6) is 0 Å². The minimum Gasteiger partial charge on any atom is -0.374 e. The Bertz CT molecular complexity index is 1550. The Morgan fingerprint density at radius 3 is 2.00 bits per heavy atom. The van der Waals surface area contributed by atoms with Gasteiger partial charge in [-0.15, -0.1) is 5.10 Å². The fourth-order valence-electron chi connectivity index (χ4n) is 5.17. The van der Waals surface area contributed by atoms with Crippen molar-refractivity contribution in [3.63, 3.8) is 0 Å². The summed E-state index contributed by atoms with van der Waals surface area (Å²) >= 11 is 0. The van der Waals surface area contributed by atoms with Crippen LogP contribution < -0.4 is 5.32 Å². The molecule has 0 atom stereocenters. The van der Waals surface area contributed by atoms with Crippen molar-refractivity contribution in [2.75, 3.05) is 26.4 Å². The second kappa shape index (κ2) is 13.2. The Morgan fingerprint density at radius 2 is 1.41 bits per heavy atom. The third-order valence-corrected chi connectivity index (χ3v) is 10.1. The summed E-state index contributed by atoms with van der Waals surface area (Å²) in [4.78, 5) is 12.8. The Kier molecular flexibility index (Phi) is 9.20. The molecule has 1 amide bonds. The lowest BCUT2D eigenvalue weighted by Crippen LogP contribution is -2.46. The molecule has 0 fully saturated rings. The standard InChI is InChI=1S/C32H36N4O4Si/c1-4-38-41(39-5-2,40-6-3)21-11-20-33-32(37)24-16-18-27(19-17-24)36-23-30(34-35-36)31-28-14-9-7-12-25(28)22-26-13-8-10-15-29(26)31/h7-10,12-19,22-23H,4-6,11,20-21H2,1-3H3,(H,33,37). The minimum atomic E-state index is -2.71. The van der Waals surface area contributed by atoms with Crippen molar-refractivity contribution in [3.8, 4) is 16.9 Å². The van der Waals surface area contributed by atoms with Crippen molar-refractivity contribution >= 4 is 36.3 Å². The van der Waals surface area contributed by atoms with Crippen molar-refractivity contribution in [1.29, 1.82) is 0 Å². The predicted octanol–water partition coefficient (Wildman–Crippen LogP) is 6.41. The Hall–Kier alpha value is -3.89. The first-order valence-electron chi connectivity index (χ1n) is 14.2. The van der Waals surface area contributed by atoms with Gasteiger partial charge in [-0.3, -0.25) is 4.79 Å². The molecular weight excluding hydrogens is 532 g/mol. The molecule has 9 heteroatoms. The average molecular weight is 569 g/mol. The Morgan fingerprint density at radius 1 is 0.829 bits per heavy atom. The lowest BCUT2D eigenvalue weighted by Gasteiger charge is -2.28. The summed E-state index contributed by atoms with van der Waals surface area (Å²) in [5, 5.41) is 16.5. The lowest BCUT2D eigenvalue weighted by molar-refractivity contribution is 0.0705. The molecule has 0 aliphatic carbocycles. The van der Waals surface area contributed by atoms with Gasteiger partial charge in [0.05, 0.1) is 11.9 Å².